The Morgan fingerprint density at radius 3 is 3.09 bits per heavy atom. The van der Waals surface area contributed by atoms with Crippen LogP contribution in [-0.4, -0.2) is 41.1 Å². The maximum atomic E-state index is 12.9. The molecule has 23 heavy (non-hydrogen) atoms. The van der Waals surface area contributed by atoms with E-state index < -0.39 is 0 Å². The number of carbonyl (C=O) groups excluding carboxylic acids is 1. The first-order valence-corrected chi connectivity index (χ1v) is 8.13. The van der Waals surface area contributed by atoms with Crippen LogP contribution in [-0.2, 0) is 6.54 Å². The van der Waals surface area contributed by atoms with Gasteiger partial charge in [-0.05, 0) is 43.7 Å². The molecule has 6 heteroatoms. The Morgan fingerprint density at radius 1 is 1.48 bits per heavy atom. The van der Waals surface area contributed by atoms with Crippen molar-refractivity contribution in [3.8, 4) is 5.75 Å². The molecule has 1 aromatic heterocycles. The number of nitrogens with zero attached hydrogens (tertiary/aromatic N) is 2. The molecule has 1 aliphatic rings. The molecular formula is C17H20ClN3O2. The van der Waals surface area contributed by atoms with Gasteiger partial charge in [0.25, 0.3) is 0 Å². The number of hydrogen-bond acceptors (Lipinski definition) is 4. The summed E-state index contributed by atoms with van der Waals surface area (Å²) in [5.41, 5.74) is 1.65. The number of methoxy groups -OCH3 is 1. The van der Waals surface area contributed by atoms with E-state index in [0.29, 0.717) is 16.3 Å². The predicted molar refractivity (Wildman–Crippen MR) is 88.9 cm³/mol. The van der Waals surface area contributed by atoms with Gasteiger partial charge in [-0.25, -0.2) is 0 Å². The molecule has 1 atom stereocenters. The molecule has 5 nitrogen and oxygen atoms in total. The second-order valence-electron chi connectivity index (χ2n) is 5.87. The average Bonchev–Trinajstić information content (AvgIpc) is 3.07. The van der Waals surface area contributed by atoms with Crippen LogP contribution < -0.4 is 4.74 Å². The van der Waals surface area contributed by atoms with E-state index in [-0.39, 0.29) is 11.7 Å². The molecule has 3 rings (SSSR count). The highest BCUT2D eigenvalue weighted by Crippen LogP contribution is 2.29. The van der Waals surface area contributed by atoms with E-state index in [4.69, 9.17) is 16.3 Å². The second kappa shape index (κ2) is 7.15. The van der Waals surface area contributed by atoms with E-state index >= 15 is 0 Å². The Morgan fingerprint density at radius 2 is 2.35 bits per heavy atom. The van der Waals surface area contributed by atoms with Crippen LogP contribution in [0.4, 0.5) is 0 Å². The lowest BCUT2D eigenvalue weighted by Crippen LogP contribution is -2.38. The average molecular weight is 334 g/mol. The first-order chi connectivity index (χ1) is 11.2. The van der Waals surface area contributed by atoms with Crippen molar-refractivity contribution >= 4 is 17.4 Å². The summed E-state index contributed by atoms with van der Waals surface area (Å²) in [5, 5.41) is 7.50. The molecule has 0 bridgehead atoms. The van der Waals surface area contributed by atoms with E-state index in [9.17, 15) is 4.79 Å². The molecule has 1 aliphatic heterocycles. The van der Waals surface area contributed by atoms with Crippen LogP contribution in [0.3, 0.4) is 0 Å². The third kappa shape index (κ3) is 3.74. The lowest BCUT2D eigenvalue weighted by Gasteiger charge is -2.31. The van der Waals surface area contributed by atoms with Crippen LogP contribution >= 0.6 is 11.6 Å². The van der Waals surface area contributed by atoms with Crippen molar-refractivity contribution in [1.29, 1.82) is 0 Å². The normalized spacial score (nSPS) is 18.8. The lowest BCUT2D eigenvalue weighted by molar-refractivity contribution is 0.0807. The highest BCUT2D eigenvalue weighted by molar-refractivity contribution is 6.31. The monoisotopic (exact) mass is 333 g/mol. The van der Waals surface area contributed by atoms with E-state index in [1.54, 1.807) is 31.5 Å². The van der Waals surface area contributed by atoms with Gasteiger partial charge in [-0.3, -0.25) is 14.8 Å². The number of H-pyrrole nitrogens is 1. The van der Waals surface area contributed by atoms with Gasteiger partial charge < -0.3 is 4.74 Å². The summed E-state index contributed by atoms with van der Waals surface area (Å²) in [7, 11) is 1.57. The Balaban J connectivity index is 1.73. The van der Waals surface area contributed by atoms with E-state index in [0.717, 1.165) is 38.2 Å². The molecule has 1 saturated heterocycles. The zero-order chi connectivity index (χ0) is 16.2. The van der Waals surface area contributed by atoms with Gasteiger partial charge in [0.05, 0.1) is 12.7 Å². The largest absolute Gasteiger partial charge is 0.496 e. The summed E-state index contributed by atoms with van der Waals surface area (Å²) in [6.45, 7) is 2.53. The zero-order valence-corrected chi connectivity index (χ0v) is 13.8. The second-order valence-corrected chi connectivity index (χ2v) is 6.30. The van der Waals surface area contributed by atoms with Crippen LogP contribution in [0.1, 0.15) is 28.9 Å². The molecule has 122 valence electrons. The SMILES string of the molecule is COc1ccc(Cl)cc1C(=O)C1CCCN(Cc2ccn[nH]2)C1. The topological polar surface area (TPSA) is 58.2 Å². The summed E-state index contributed by atoms with van der Waals surface area (Å²) in [6, 6.07) is 7.16. The maximum Gasteiger partial charge on any atom is 0.170 e. The summed E-state index contributed by atoms with van der Waals surface area (Å²) in [6.07, 6.45) is 3.65. The van der Waals surface area contributed by atoms with Crippen molar-refractivity contribution < 1.29 is 9.53 Å². The number of halogens is 1. The number of ether oxygens (including phenoxy) is 1. The van der Waals surface area contributed by atoms with Gasteiger partial charge in [0.15, 0.2) is 5.78 Å². The fourth-order valence-electron chi connectivity index (χ4n) is 3.12. The Bertz CT molecular complexity index is 672. The molecule has 0 amide bonds. The quantitative estimate of drug-likeness (QED) is 0.854. The number of rotatable bonds is 5. The highest BCUT2D eigenvalue weighted by Gasteiger charge is 2.28. The molecule has 1 N–H and O–H groups in total. The van der Waals surface area contributed by atoms with Crippen LogP contribution in [0.25, 0.3) is 0 Å². The Hall–Kier alpha value is -1.85. The number of hydrogen-bond donors (Lipinski definition) is 1. The van der Waals surface area contributed by atoms with E-state index in [1.807, 2.05) is 6.07 Å². The summed E-state index contributed by atoms with van der Waals surface area (Å²) >= 11 is 6.05. The first-order valence-electron chi connectivity index (χ1n) is 7.75. The summed E-state index contributed by atoms with van der Waals surface area (Å²) < 4.78 is 5.32. The van der Waals surface area contributed by atoms with Crippen molar-refractivity contribution in [3.63, 3.8) is 0 Å². The molecule has 0 saturated carbocycles. The number of aromatic nitrogens is 2. The van der Waals surface area contributed by atoms with Crippen LogP contribution in [0.15, 0.2) is 30.5 Å². The first kappa shape index (κ1) is 16.0. The van der Waals surface area contributed by atoms with Gasteiger partial charge in [-0.15, -0.1) is 0 Å². The summed E-state index contributed by atoms with van der Waals surface area (Å²) in [4.78, 5) is 15.2. The smallest absolute Gasteiger partial charge is 0.170 e. The Labute approximate surface area is 140 Å². The number of piperidine rings is 1. The van der Waals surface area contributed by atoms with Gasteiger partial charge in [-0.1, -0.05) is 11.6 Å². The minimum atomic E-state index is -0.0287. The molecule has 2 aromatic rings. The molecule has 2 heterocycles. The molecule has 0 radical (unpaired) electrons. The number of likely N-dealkylation sites (tertiary alicyclic amines) is 1. The van der Waals surface area contributed by atoms with Crippen molar-refractivity contribution in [1.82, 2.24) is 15.1 Å². The molecule has 0 aliphatic carbocycles. The van der Waals surface area contributed by atoms with Crippen LogP contribution in [0, 0.1) is 5.92 Å². The third-order valence-corrected chi connectivity index (χ3v) is 4.49. The van der Waals surface area contributed by atoms with E-state index in [1.165, 1.54) is 0 Å². The summed E-state index contributed by atoms with van der Waals surface area (Å²) in [5.74, 6) is 0.669. The highest BCUT2D eigenvalue weighted by atomic mass is 35.5. The van der Waals surface area contributed by atoms with Crippen molar-refractivity contribution in [2.45, 2.75) is 19.4 Å². The molecule has 1 fully saturated rings. The van der Waals surface area contributed by atoms with Gasteiger partial charge in [0.2, 0.25) is 0 Å². The van der Waals surface area contributed by atoms with Gasteiger partial charge in [0.1, 0.15) is 5.75 Å². The van der Waals surface area contributed by atoms with Crippen LogP contribution in [0.5, 0.6) is 5.75 Å². The Kier molecular flexibility index (Phi) is 4.98. The van der Waals surface area contributed by atoms with Crippen molar-refractivity contribution in [2.24, 2.45) is 5.92 Å². The standard InChI is InChI=1S/C17H20ClN3O2/c1-23-16-5-4-13(18)9-15(16)17(22)12-3-2-8-21(10-12)11-14-6-7-19-20-14/h4-7,9,12H,2-3,8,10-11H2,1H3,(H,19,20). The fourth-order valence-corrected chi connectivity index (χ4v) is 3.29. The van der Waals surface area contributed by atoms with Crippen molar-refractivity contribution in [3.05, 3.63) is 46.7 Å². The van der Waals surface area contributed by atoms with Gasteiger partial charge >= 0.3 is 0 Å². The van der Waals surface area contributed by atoms with Gasteiger partial charge in [0, 0.05) is 35.9 Å². The third-order valence-electron chi connectivity index (χ3n) is 4.26. The lowest BCUT2D eigenvalue weighted by atomic mass is 9.89. The number of aromatic amines is 1. The molecule has 1 aromatic carbocycles. The predicted octanol–water partition coefficient (Wildman–Crippen LogP) is 3.17. The molecule has 1 unspecified atom stereocenters. The minimum absolute atomic E-state index is 0.0287. The number of carbonyl (C=O) groups is 1. The number of benzene rings is 1. The van der Waals surface area contributed by atoms with Crippen molar-refractivity contribution in [2.75, 3.05) is 20.2 Å². The number of ketones is 1. The molecular weight excluding hydrogens is 314 g/mol. The minimum Gasteiger partial charge on any atom is -0.496 e. The maximum absolute atomic E-state index is 12.9. The number of nitrogens with one attached hydrogen (secondary N) is 1. The zero-order valence-electron chi connectivity index (χ0n) is 13.1. The number of Topliss-reactive ketones (excluding diaryl/α,β-unsaturated/α-hetero) is 1. The fraction of sp³-hybridized carbons (Fsp3) is 0.412. The van der Waals surface area contributed by atoms with E-state index in [2.05, 4.69) is 15.1 Å². The molecule has 0 spiro atoms. The van der Waals surface area contributed by atoms with Gasteiger partial charge in [-0.2, -0.15) is 5.10 Å². The van der Waals surface area contributed by atoms with Crippen LogP contribution in [0.2, 0.25) is 5.02 Å².